The fourth-order valence-corrected chi connectivity index (χ4v) is 3.49. The number of nitrogens with one attached hydrogen (secondary N) is 1. The number of ether oxygens (including phenoxy) is 1. The second kappa shape index (κ2) is 5.43. The van der Waals surface area contributed by atoms with Crippen molar-refractivity contribution in [2.75, 3.05) is 0 Å². The minimum absolute atomic E-state index is 0.0770. The van der Waals surface area contributed by atoms with Gasteiger partial charge < -0.3 is 10.1 Å². The van der Waals surface area contributed by atoms with E-state index in [2.05, 4.69) is 5.32 Å². The Hall–Kier alpha value is -1.58. The quantitative estimate of drug-likeness (QED) is 0.919. The lowest BCUT2D eigenvalue weighted by molar-refractivity contribution is -0.128. The summed E-state index contributed by atoms with van der Waals surface area (Å²) in [6, 6.07) is 6.06. The van der Waals surface area contributed by atoms with Crippen molar-refractivity contribution < 1.29 is 13.9 Å². The predicted octanol–water partition coefficient (Wildman–Crippen LogP) is 2.90. The number of hydrogen-bond donors (Lipinski definition) is 1. The number of benzene rings is 1. The van der Waals surface area contributed by atoms with Gasteiger partial charge in [-0.15, -0.1) is 0 Å². The Bertz CT molecular complexity index is 488. The molecule has 1 amide bonds. The molecule has 0 aliphatic heterocycles. The summed E-state index contributed by atoms with van der Waals surface area (Å²) < 4.78 is 18.3. The van der Waals surface area contributed by atoms with E-state index < -0.39 is 6.10 Å². The van der Waals surface area contributed by atoms with Crippen LogP contribution in [0.25, 0.3) is 0 Å². The fraction of sp³-hybridized carbons (Fsp3) is 0.562. The van der Waals surface area contributed by atoms with Gasteiger partial charge in [-0.2, -0.15) is 0 Å². The van der Waals surface area contributed by atoms with Crippen LogP contribution in [-0.2, 0) is 4.79 Å². The zero-order valence-electron chi connectivity index (χ0n) is 11.6. The van der Waals surface area contributed by atoms with Crippen LogP contribution in [0.15, 0.2) is 24.3 Å². The van der Waals surface area contributed by atoms with Gasteiger partial charge in [-0.1, -0.05) is 6.42 Å². The molecule has 1 aromatic rings. The van der Waals surface area contributed by atoms with Crippen LogP contribution in [0.4, 0.5) is 4.39 Å². The number of carbonyl (C=O) groups is 1. The number of amides is 1. The minimum atomic E-state index is -0.556. The molecule has 0 aromatic heterocycles. The van der Waals surface area contributed by atoms with Gasteiger partial charge in [0, 0.05) is 6.04 Å². The second-order valence-electron chi connectivity index (χ2n) is 6.00. The van der Waals surface area contributed by atoms with Gasteiger partial charge in [-0.3, -0.25) is 4.79 Å². The van der Waals surface area contributed by atoms with Crippen molar-refractivity contribution in [3.05, 3.63) is 30.1 Å². The van der Waals surface area contributed by atoms with E-state index >= 15 is 0 Å². The monoisotopic (exact) mass is 277 g/mol. The molecule has 0 saturated heterocycles. The van der Waals surface area contributed by atoms with Crippen LogP contribution in [-0.4, -0.2) is 18.1 Å². The molecule has 0 heterocycles. The molecular weight excluding hydrogens is 257 g/mol. The van der Waals surface area contributed by atoms with Gasteiger partial charge in [0.25, 0.3) is 5.91 Å². The first-order chi connectivity index (χ1) is 9.61. The molecule has 108 valence electrons. The van der Waals surface area contributed by atoms with Crippen molar-refractivity contribution in [3.63, 3.8) is 0 Å². The highest BCUT2D eigenvalue weighted by molar-refractivity contribution is 5.81. The van der Waals surface area contributed by atoms with E-state index in [1.54, 1.807) is 6.92 Å². The van der Waals surface area contributed by atoms with Crippen molar-refractivity contribution >= 4 is 5.91 Å². The molecule has 3 rings (SSSR count). The molecule has 4 heteroatoms. The van der Waals surface area contributed by atoms with Crippen LogP contribution in [0.3, 0.4) is 0 Å². The third-order valence-electron chi connectivity index (χ3n) is 4.56. The zero-order chi connectivity index (χ0) is 14.1. The van der Waals surface area contributed by atoms with E-state index in [1.807, 2.05) is 0 Å². The van der Waals surface area contributed by atoms with E-state index in [9.17, 15) is 9.18 Å². The molecule has 2 aliphatic carbocycles. The summed E-state index contributed by atoms with van der Waals surface area (Å²) in [6.45, 7) is 1.73. The Morgan fingerprint density at radius 2 is 2.05 bits per heavy atom. The SMILES string of the molecule is C[C@H](Oc1ccc(F)cc1)C(=O)N[C@H]1C[C@H]2CC[C@H]1C2. The summed E-state index contributed by atoms with van der Waals surface area (Å²) in [6.07, 6.45) is 4.37. The highest BCUT2D eigenvalue weighted by Crippen LogP contribution is 2.44. The first-order valence-corrected chi connectivity index (χ1v) is 7.34. The molecule has 1 N–H and O–H groups in total. The third kappa shape index (κ3) is 2.79. The molecule has 2 saturated carbocycles. The Morgan fingerprint density at radius 3 is 2.65 bits per heavy atom. The van der Waals surface area contributed by atoms with Crippen LogP contribution in [0.1, 0.15) is 32.6 Å². The molecule has 3 nitrogen and oxygen atoms in total. The van der Waals surface area contributed by atoms with E-state index in [4.69, 9.17) is 4.74 Å². The van der Waals surface area contributed by atoms with Crippen LogP contribution in [0.2, 0.25) is 0 Å². The molecule has 1 aromatic carbocycles. The molecule has 20 heavy (non-hydrogen) atoms. The van der Waals surface area contributed by atoms with Crippen molar-refractivity contribution in [1.29, 1.82) is 0 Å². The summed E-state index contributed by atoms with van der Waals surface area (Å²) in [5.41, 5.74) is 0. The normalized spacial score (nSPS) is 29.2. The number of hydrogen-bond acceptors (Lipinski definition) is 2. The van der Waals surface area contributed by atoms with E-state index in [0.717, 1.165) is 12.3 Å². The highest BCUT2D eigenvalue weighted by Gasteiger charge is 2.40. The number of fused-ring (bicyclic) bond motifs is 2. The lowest BCUT2D eigenvalue weighted by atomic mass is 9.95. The highest BCUT2D eigenvalue weighted by atomic mass is 19.1. The maximum Gasteiger partial charge on any atom is 0.261 e. The lowest BCUT2D eigenvalue weighted by Crippen LogP contribution is -2.44. The van der Waals surface area contributed by atoms with Crippen molar-refractivity contribution in [2.24, 2.45) is 11.8 Å². The van der Waals surface area contributed by atoms with Gasteiger partial charge in [0.2, 0.25) is 0 Å². The largest absolute Gasteiger partial charge is 0.481 e. The van der Waals surface area contributed by atoms with E-state index in [-0.39, 0.29) is 11.7 Å². The topological polar surface area (TPSA) is 38.3 Å². The van der Waals surface area contributed by atoms with Crippen LogP contribution >= 0.6 is 0 Å². The summed E-state index contributed by atoms with van der Waals surface area (Å²) in [7, 11) is 0. The Kier molecular flexibility index (Phi) is 3.64. The van der Waals surface area contributed by atoms with Gasteiger partial charge in [0.05, 0.1) is 0 Å². The Morgan fingerprint density at radius 1 is 1.30 bits per heavy atom. The molecule has 0 radical (unpaired) electrons. The van der Waals surface area contributed by atoms with Gasteiger partial charge in [-0.25, -0.2) is 4.39 Å². The first-order valence-electron chi connectivity index (χ1n) is 7.34. The molecule has 4 atom stereocenters. The van der Waals surface area contributed by atoms with Crippen LogP contribution in [0.5, 0.6) is 5.75 Å². The van der Waals surface area contributed by atoms with Gasteiger partial charge in [-0.05, 0) is 62.3 Å². The van der Waals surface area contributed by atoms with E-state index in [0.29, 0.717) is 17.7 Å². The minimum Gasteiger partial charge on any atom is -0.481 e. The fourth-order valence-electron chi connectivity index (χ4n) is 3.49. The Labute approximate surface area is 118 Å². The van der Waals surface area contributed by atoms with Gasteiger partial charge in [0.15, 0.2) is 6.10 Å². The van der Waals surface area contributed by atoms with Crippen molar-refractivity contribution in [3.8, 4) is 5.75 Å². The first kappa shape index (κ1) is 13.4. The number of halogens is 1. The average Bonchev–Trinajstić information content (AvgIpc) is 3.03. The smallest absolute Gasteiger partial charge is 0.261 e. The Balaban J connectivity index is 1.53. The molecule has 2 bridgehead atoms. The van der Waals surface area contributed by atoms with Crippen molar-refractivity contribution in [2.45, 2.75) is 44.8 Å². The summed E-state index contributed by atoms with van der Waals surface area (Å²) in [5, 5.41) is 3.10. The van der Waals surface area contributed by atoms with Gasteiger partial charge in [0.1, 0.15) is 11.6 Å². The number of carbonyl (C=O) groups excluding carboxylic acids is 1. The average molecular weight is 277 g/mol. The van der Waals surface area contributed by atoms with Crippen molar-refractivity contribution in [1.82, 2.24) is 5.32 Å². The maximum absolute atomic E-state index is 12.8. The molecule has 0 spiro atoms. The lowest BCUT2D eigenvalue weighted by Gasteiger charge is -2.24. The third-order valence-corrected chi connectivity index (χ3v) is 4.56. The number of rotatable bonds is 4. The maximum atomic E-state index is 12.8. The predicted molar refractivity (Wildman–Crippen MR) is 73.9 cm³/mol. The second-order valence-corrected chi connectivity index (χ2v) is 6.00. The van der Waals surface area contributed by atoms with Crippen LogP contribution < -0.4 is 10.1 Å². The standard InChI is InChI=1S/C16H20FNO2/c1-10(20-14-6-4-13(17)5-7-14)16(19)18-15-9-11-2-3-12(15)8-11/h4-7,10-12,15H,2-3,8-9H2,1H3,(H,18,19)/t10-,11-,12-,15-/m0/s1. The zero-order valence-corrected chi connectivity index (χ0v) is 11.6. The van der Waals surface area contributed by atoms with Gasteiger partial charge >= 0.3 is 0 Å². The molecule has 2 fully saturated rings. The summed E-state index contributed by atoms with van der Waals surface area (Å²) in [5.74, 6) is 1.59. The molecular formula is C16H20FNO2. The van der Waals surface area contributed by atoms with E-state index in [1.165, 1.54) is 43.5 Å². The molecule has 0 unspecified atom stereocenters. The molecule has 2 aliphatic rings. The summed E-state index contributed by atoms with van der Waals surface area (Å²) in [4.78, 5) is 12.1. The van der Waals surface area contributed by atoms with Crippen LogP contribution in [0, 0.1) is 17.7 Å². The summed E-state index contributed by atoms with van der Waals surface area (Å²) >= 11 is 0.